The van der Waals surface area contributed by atoms with E-state index in [0.29, 0.717) is 18.2 Å². The highest BCUT2D eigenvalue weighted by Crippen LogP contribution is 2.33. The molecule has 0 aromatic heterocycles. The maximum absolute atomic E-state index is 13.4. The Morgan fingerprint density at radius 1 is 1.15 bits per heavy atom. The van der Waals surface area contributed by atoms with Gasteiger partial charge in [-0.15, -0.1) is 0 Å². The fourth-order valence-electron chi connectivity index (χ4n) is 3.49. The topological polar surface area (TPSA) is 116 Å². The molecular weight excluding hydrogens is 472 g/mol. The van der Waals surface area contributed by atoms with Crippen molar-refractivity contribution in [2.45, 2.75) is 42.7 Å². The number of nitrogens with one attached hydrogen (secondary N) is 1. The second-order valence-electron chi connectivity index (χ2n) is 7.36. The van der Waals surface area contributed by atoms with E-state index in [2.05, 4.69) is 0 Å². The number of nitrogens with zero attached hydrogens (tertiary/aromatic N) is 1. The van der Waals surface area contributed by atoms with Gasteiger partial charge in [-0.1, -0.05) is 0 Å². The zero-order chi connectivity index (χ0) is 24.4. The molecule has 2 aromatic carbocycles. The lowest BCUT2D eigenvalue weighted by atomic mass is 10.0. The zero-order valence-corrected chi connectivity index (χ0v) is 17.7. The fraction of sp³-hybridized carbons (Fsp3) is 0.350. The van der Waals surface area contributed by atoms with E-state index in [9.17, 15) is 35.9 Å². The molecule has 1 saturated heterocycles. The number of rotatable bonds is 6. The average Bonchev–Trinajstić information content (AvgIpc) is 2.76. The van der Waals surface area contributed by atoms with Crippen LogP contribution < -0.4 is 10.2 Å². The van der Waals surface area contributed by atoms with Gasteiger partial charge in [0.1, 0.15) is 24.2 Å². The van der Waals surface area contributed by atoms with E-state index < -0.39 is 57.8 Å². The number of amides is 1. The van der Waals surface area contributed by atoms with Crippen LogP contribution in [0.2, 0.25) is 0 Å². The van der Waals surface area contributed by atoms with Crippen LogP contribution >= 0.6 is 0 Å². The summed E-state index contributed by atoms with van der Waals surface area (Å²) in [5, 5.41) is 18.7. The van der Waals surface area contributed by atoms with E-state index in [-0.39, 0.29) is 30.0 Å². The molecule has 1 aliphatic heterocycles. The highest BCUT2D eigenvalue weighted by atomic mass is 32.2. The molecule has 8 nitrogen and oxygen atoms in total. The number of alkyl halides is 3. The molecule has 3 N–H and O–H groups in total. The Morgan fingerprint density at radius 3 is 2.42 bits per heavy atom. The second kappa shape index (κ2) is 9.63. The molecule has 0 radical (unpaired) electrons. The molecule has 0 spiro atoms. The van der Waals surface area contributed by atoms with Gasteiger partial charge in [0.25, 0.3) is 5.91 Å². The van der Waals surface area contributed by atoms with Crippen molar-refractivity contribution in [3.8, 4) is 5.75 Å². The van der Waals surface area contributed by atoms with Gasteiger partial charge in [0.05, 0.1) is 16.6 Å². The Labute approximate surface area is 186 Å². The Morgan fingerprint density at radius 2 is 1.82 bits per heavy atom. The summed E-state index contributed by atoms with van der Waals surface area (Å²) in [4.78, 5) is 11.6. The van der Waals surface area contributed by atoms with Gasteiger partial charge in [0, 0.05) is 12.1 Å². The Bertz CT molecular complexity index is 1110. The van der Waals surface area contributed by atoms with E-state index in [1.54, 1.807) is 0 Å². The minimum atomic E-state index is -4.71. The molecule has 2 atom stereocenters. The smallest absolute Gasteiger partial charge is 0.416 e. The summed E-state index contributed by atoms with van der Waals surface area (Å²) in [5.41, 5.74) is -0.0767. The van der Waals surface area contributed by atoms with E-state index >= 15 is 0 Å². The van der Waals surface area contributed by atoms with Gasteiger partial charge < -0.3 is 9.84 Å². The largest absolute Gasteiger partial charge is 0.489 e. The lowest BCUT2D eigenvalue weighted by molar-refractivity contribution is -0.138. The van der Waals surface area contributed by atoms with Crippen molar-refractivity contribution >= 4 is 15.9 Å². The number of aliphatic hydroxyl groups excluding tert-OH is 1. The third kappa shape index (κ3) is 5.61. The van der Waals surface area contributed by atoms with Gasteiger partial charge in [-0.25, -0.2) is 18.3 Å². The molecule has 0 aliphatic carbocycles. The Balaban J connectivity index is 1.79. The summed E-state index contributed by atoms with van der Waals surface area (Å²) < 4.78 is 84.7. The van der Waals surface area contributed by atoms with Crippen LogP contribution in [0.5, 0.6) is 5.75 Å². The normalized spacial score (nSPS) is 19.8. The second-order valence-corrected chi connectivity index (χ2v) is 9.25. The first-order valence-corrected chi connectivity index (χ1v) is 11.1. The molecule has 180 valence electrons. The number of β-amino-alcohol motifs (C(OH)–C–C–N with tert-alkyl or cyclic N) is 1. The summed E-state index contributed by atoms with van der Waals surface area (Å²) in [6.07, 6.45) is -5.56. The van der Waals surface area contributed by atoms with Crippen LogP contribution in [0.4, 0.5) is 17.6 Å². The first-order chi connectivity index (χ1) is 15.4. The van der Waals surface area contributed by atoms with Crippen molar-refractivity contribution in [3.63, 3.8) is 0 Å². The van der Waals surface area contributed by atoms with Gasteiger partial charge in [-0.2, -0.15) is 17.5 Å². The van der Waals surface area contributed by atoms with Crippen LogP contribution in [0.3, 0.4) is 0 Å². The predicted octanol–water partition coefficient (Wildman–Crippen LogP) is 2.44. The van der Waals surface area contributed by atoms with Gasteiger partial charge in [-0.3, -0.25) is 10.0 Å². The molecule has 1 amide bonds. The van der Waals surface area contributed by atoms with Crippen LogP contribution in [0.1, 0.15) is 24.0 Å². The summed E-state index contributed by atoms with van der Waals surface area (Å²) >= 11 is 0. The van der Waals surface area contributed by atoms with Crippen molar-refractivity contribution in [1.82, 2.24) is 9.79 Å². The minimum absolute atomic E-state index is 0.0108. The molecule has 1 heterocycles. The summed E-state index contributed by atoms with van der Waals surface area (Å²) in [6.45, 7) is -0.978. The van der Waals surface area contributed by atoms with Crippen LogP contribution in [-0.4, -0.2) is 47.6 Å². The van der Waals surface area contributed by atoms with Crippen molar-refractivity contribution in [1.29, 1.82) is 0 Å². The number of sulfonamides is 1. The number of ether oxygens (including phenoxy) is 1. The number of benzene rings is 2. The molecule has 0 unspecified atom stereocenters. The molecule has 0 bridgehead atoms. The van der Waals surface area contributed by atoms with Crippen LogP contribution in [0.15, 0.2) is 47.4 Å². The van der Waals surface area contributed by atoms with E-state index in [1.165, 1.54) is 17.6 Å². The molecule has 0 saturated carbocycles. The maximum Gasteiger partial charge on any atom is 0.416 e. The first-order valence-electron chi connectivity index (χ1n) is 9.66. The van der Waals surface area contributed by atoms with Crippen molar-refractivity contribution < 1.29 is 45.8 Å². The first kappa shape index (κ1) is 24.9. The molecule has 2 aromatic rings. The zero-order valence-electron chi connectivity index (χ0n) is 16.9. The maximum atomic E-state index is 13.4. The van der Waals surface area contributed by atoms with E-state index in [1.807, 2.05) is 0 Å². The molecule has 33 heavy (non-hydrogen) atoms. The van der Waals surface area contributed by atoms with Crippen LogP contribution in [0.25, 0.3) is 0 Å². The van der Waals surface area contributed by atoms with Crippen molar-refractivity contribution in [3.05, 3.63) is 59.4 Å². The summed E-state index contributed by atoms with van der Waals surface area (Å²) in [6, 6.07) is 5.40. The van der Waals surface area contributed by atoms with Gasteiger partial charge in [0.2, 0.25) is 10.0 Å². The minimum Gasteiger partial charge on any atom is -0.489 e. The van der Waals surface area contributed by atoms with Crippen molar-refractivity contribution in [2.75, 3.05) is 6.54 Å². The Hall–Kier alpha value is -2.74. The quantitative estimate of drug-likeness (QED) is 0.324. The molecule has 1 aliphatic rings. The summed E-state index contributed by atoms with van der Waals surface area (Å²) in [5.74, 6) is -1.79. The Kier molecular flexibility index (Phi) is 7.26. The van der Waals surface area contributed by atoms with Gasteiger partial charge in [0.15, 0.2) is 0 Å². The number of carbonyl (C=O) groups is 1. The molecule has 13 heteroatoms. The van der Waals surface area contributed by atoms with E-state index in [4.69, 9.17) is 9.94 Å². The predicted molar refractivity (Wildman–Crippen MR) is 105 cm³/mol. The SMILES string of the molecule is O=C(NO)[C@H]1CC[C@@H](O)CN1S(=O)(=O)c1ccc(OCc2cc(F)ccc2C(F)(F)F)cc1. The fourth-order valence-corrected chi connectivity index (χ4v) is 5.14. The number of hydrogen-bond donors (Lipinski definition) is 3. The summed E-state index contributed by atoms with van der Waals surface area (Å²) in [7, 11) is -4.27. The third-order valence-corrected chi connectivity index (χ3v) is 7.01. The number of halogens is 4. The van der Waals surface area contributed by atoms with Gasteiger partial charge in [-0.05, 0) is 55.3 Å². The standard InChI is InChI=1S/C20H20F4N2O6S/c21-13-1-7-17(20(22,23)24)12(9-13)11-32-15-3-5-16(6-4-15)33(30,31)26-10-14(27)2-8-18(26)19(28)25-29/h1,3-7,9,14,18,27,29H,2,8,10-11H2,(H,25,28)/t14-,18-/m1/s1. The van der Waals surface area contributed by atoms with E-state index in [0.717, 1.165) is 16.4 Å². The molecule has 3 rings (SSSR count). The van der Waals surface area contributed by atoms with Crippen LogP contribution in [0, 0.1) is 5.82 Å². The molecule has 1 fully saturated rings. The monoisotopic (exact) mass is 492 g/mol. The van der Waals surface area contributed by atoms with Crippen molar-refractivity contribution in [2.24, 2.45) is 0 Å². The lowest BCUT2D eigenvalue weighted by Gasteiger charge is -2.35. The van der Waals surface area contributed by atoms with Gasteiger partial charge >= 0.3 is 6.18 Å². The lowest BCUT2D eigenvalue weighted by Crippen LogP contribution is -2.54. The highest BCUT2D eigenvalue weighted by molar-refractivity contribution is 7.89. The number of hydroxylamine groups is 1. The third-order valence-electron chi connectivity index (χ3n) is 5.12. The average molecular weight is 492 g/mol. The number of carbonyl (C=O) groups excluding carboxylic acids is 1. The number of hydrogen-bond acceptors (Lipinski definition) is 6. The number of aliphatic hydroxyl groups is 1. The van der Waals surface area contributed by atoms with Crippen LogP contribution in [-0.2, 0) is 27.6 Å². The highest BCUT2D eigenvalue weighted by Gasteiger charge is 2.40. The number of piperidine rings is 1. The molecular formula is C20H20F4N2O6S.